The van der Waals surface area contributed by atoms with Crippen LogP contribution in [0.15, 0.2) is 29.1 Å². The summed E-state index contributed by atoms with van der Waals surface area (Å²) in [6.45, 7) is 1.60. The number of aromatic nitrogens is 1. The van der Waals surface area contributed by atoms with Crippen molar-refractivity contribution in [3.05, 3.63) is 40.3 Å². The minimum absolute atomic E-state index is 0.757. The van der Waals surface area contributed by atoms with Crippen molar-refractivity contribution in [1.29, 1.82) is 0 Å². The summed E-state index contributed by atoms with van der Waals surface area (Å²) in [6.07, 6.45) is 0. The largest absolute Gasteiger partial charge is 0.496 e. The molecule has 0 aliphatic heterocycles. The predicted molar refractivity (Wildman–Crippen MR) is 74.7 cm³/mol. The van der Waals surface area contributed by atoms with E-state index < -0.39 is 0 Å². The van der Waals surface area contributed by atoms with Crippen molar-refractivity contribution in [3.63, 3.8) is 0 Å². The number of hydrogen-bond donors (Lipinski definition) is 1. The molecule has 2 aromatic rings. The highest BCUT2D eigenvalue weighted by molar-refractivity contribution is 7.07. The molecule has 2 N–H and O–H groups in total. The first-order chi connectivity index (χ1) is 8.69. The second-order valence-corrected chi connectivity index (χ2v) is 4.94. The van der Waals surface area contributed by atoms with Gasteiger partial charge >= 0.3 is 0 Å². The van der Waals surface area contributed by atoms with Gasteiger partial charge in [0.1, 0.15) is 5.75 Å². The molecule has 4 nitrogen and oxygen atoms in total. The first-order valence-electron chi connectivity index (χ1n) is 5.67. The van der Waals surface area contributed by atoms with E-state index in [1.807, 2.05) is 23.7 Å². The Morgan fingerprint density at radius 1 is 1.39 bits per heavy atom. The Labute approximate surface area is 111 Å². The number of methoxy groups -OCH3 is 1. The van der Waals surface area contributed by atoms with Crippen LogP contribution in [0.1, 0.15) is 11.3 Å². The quantitative estimate of drug-likeness (QED) is 0.841. The van der Waals surface area contributed by atoms with Crippen LogP contribution >= 0.6 is 11.3 Å². The molecule has 0 aliphatic carbocycles. The van der Waals surface area contributed by atoms with Crippen LogP contribution in [0.4, 0.5) is 5.69 Å². The number of nitrogen functional groups attached to an aromatic ring is 1. The maximum atomic E-state index is 5.81. The van der Waals surface area contributed by atoms with Crippen LogP contribution in [-0.4, -0.2) is 24.0 Å². The van der Waals surface area contributed by atoms with Crippen LogP contribution in [0.2, 0.25) is 0 Å². The van der Waals surface area contributed by atoms with Crippen molar-refractivity contribution in [2.24, 2.45) is 0 Å². The lowest BCUT2D eigenvalue weighted by molar-refractivity contribution is 0.307. The lowest BCUT2D eigenvalue weighted by atomic mass is 10.1. The van der Waals surface area contributed by atoms with Crippen molar-refractivity contribution in [2.75, 3.05) is 19.9 Å². The minimum atomic E-state index is 0.757. The van der Waals surface area contributed by atoms with Crippen LogP contribution in [0, 0.1) is 0 Å². The van der Waals surface area contributed by atoms with Gasteiger partial charge in [-0.3, -0.25) is 4.90 Å². The van der Waals surface area contributed by atoms with E-state index in [-0.39, 0.29) is 0 Å². The number of thiazole rings is 1. The average Bonchev–Trinajstić information content (AvgIpc) is 2.82. The number of rotatable bonds is 5. The molecule has 0 amide bonds. The topological polar surface area (TPSA) is 51.4 Å². The molecule has 96 valence electrons. The van der Waals surface area contributed by atoms with E-state index in [4.69, 9.17) is 10.5 Å². The highest BCUT2D eigenvalue weighted by Crippen LogP contribution is 2.22. The molecule has 0 unspecified atom stereocenters. The first-order valence-corrected chi connectivity index (χ1v) is 6.61. The van der Waals surface area contributed by atoms with E-state index in [1.54, 1.807) is 18.4 Å². The maximum Gasteiger partial charge on any atom is 0.123 e. The van der Waals surface area contributed by atoms with E-state index >= 15 is 0 Å². The van der Waals surface area contributed by atoms with Gasteiger partial charge in [-0.2, -0.15) is 0 Å². The molecule has 1 aromatic heterocycles. The summed E-state index contributed by atoms with van der Waals surface area (Å²) in [7, 11) is 3.73. The molecular formula is C13H17N3OS. The summed E-state index contributed by atoms with van der Waals surface area (Å²) in [4.78, 5) is 6.47. The van der Waals surface area contributed by atoms with Crippen LogP contribution in [0.5, 0.6) is 5.75 Å². The number of nitrogens with two attached hydrogens (primary N) is 1. The fourth-order valence-electron chi connectivity index (χ4n) is 1.86. The Balaban J connectivity index is 2.06. The van der Waals surface area contributed by atoms with Gasteiger partial charge in [0.15, 0.2) is 0 Å². The van der Waals surface area contributed by atoms with E-state index in [0.29, 0.717) is 0 Å². The van der Waals surface area contributed by atoms with E-state index in [1.165, 1.54) is 0 Å². The molecule has 0 atom stereocenters. The normalized spacial score (nSPS) is 10.8. The molecule has 0 spiro atoms. The van der Waals surface area contributed by atoms with Crippen molar-refractivity contribution >= 4 is 17.0 Å². The van der Waals surface area contributed by atoms with Gasteiger partial charge in [0, 0.05) is 29.7 Å². The van der Waals surface area contributed by atoms with Gasteiger partial charge in [-0.05, 0) is 25.2 Å². The smallest absolute Gasteiger partial charge is 0.123 e. The Hall–Kier alpha value is -1.59. The molecular weight excluding hydrogens is 246 g/mol. The Bertz CT molecular complexity index is 499. The number of benzene rings is 1. The zero-order valence-corrected chi connectivity index (χ0v) is 11.4. The average molecular weight is 263 g/mol. The van der Waals surface area contributed by atoms with E-state index in [0.717, 1.165) is 35.8 Å². The molecule has 18 heavy (non-hydrogen) atoms. The van der Waals surface area contributed by atoms with Crippen molar-refractivity contribution in [1.82, 2.24) is 9.88 Å². The molecule has 0 saturated heterocycles. The van der Waals surface area contributed by atoms with Crippen LogP contribution in [-0.2, 0) is 13.1 Å². The third-order valence-corrected chi connectivity index (χ3v) is 3.30. The molecule has 0 bridgehead atoms. The summed E-state index contributed by atoms with van der Waals surface area (Å²) in [6, 6.07) is 5.71. The fourth-order valence-corrected chi connectivity index (χ4v) is 2.41. The Morgan fingerprint density at radius 2 is 2.22 bits per heavy atom. The van der Waals surface area contributed by atoms with Gasteiger partial charge in [-0.15, -0.1) is 11.3 Å². The molecule has 1 aromatic carbocycles. The van der Waals surface area contributed by atoms with Gasteiger partial charge < -0.3 is 10.5 Å². The molecule has 5 heteroatoms. The van der Waals surface area contributed by atoms with Crippen LogP contribution < -0.4 is 10.5 Å². The summed E-state index contributed by atoms with van der Waals surface area (Å²) in [5.74, 6) is 0.870. The first kappa shape index (κ1) is 12.9. The number of nitrogens with zero attached hydrogens (tertiary/aromatic N) is 2. The van der Waals surface area contributed by atoms with Crippen molar-refractivity contribution in [3.8, 4) is 5.75 Å². The summed E-state index contributed by atoms with van der Waals surface area (Å²) in [5, 5.41) is 2.06. The Kier molecular flexibility index (Phi) is 4.17. The monoisotopic (exact) mass is 263 g/mol. The van der Waals surface area contributed by atoms with E-state index in [2.05, 4.69) is 22.3 Å². The van der Waals surface area contributed by atoms with Crippen LogP contribution in [0.25, 0.3) is 0 Å². The van der Waals surface area contributed by atoms with Gasteiger partial charge in [0.25, 0.3) is 0 Å². The molecule has 0 fully saturated rings. The third kappa shape index (κ3) is 3.21. The SMILES string of the molecule is COc1ccc(N)cc1CN(C)Cc1cscn1. The third-order valence-electron chi connectivity index (χ3n) is 2.66. The zero-order valence-electron chi connectivity index (χ0n) is 10.6. The van der Waals surface area contributed by atoms with Crippen molar-refractivity contribution < 1.29 is 4.74 Å². The molecule has 2 rings (SSSR count). The molecule has 0 aliphatic rings. The molecule has 1 heterocycles. The second kappa shape index (κ2) is 5.84. The summed E-state index contributed by atoms with van der Waals surface area (Å²) in [5.41, 5.74) is 10.6. The van der Waals surface area contributed by atoms with Gasteiger partial charge in [-0.1, -0.05) is 0 Å². The van der Waals surface area contributed by atoms with E-state index in [9.17, 15) is 0 Å². The summed E-state index contributed by atoms with van der Waals surface area (Å²) < 4.78 is 5.34. The number of ether oxygens (including phenoxy) is 1. The number of anilines is 1. The predicted octanol–water partition coefficient (Wildman–Crippen LogP) is 2.37. The zero-order chi connectivity index (χ0) is 13.0. The maximum absolute atomic E-state index is 5.81. The summed E-state index contributed by atoms with van der Waals surface area (Å²) >= 11 is 1.62. The second-order valence-electron chi connectivity index (χ2n) is 4.22. The van der Waals surface area contributed by atoms with Crippen LogP contribution in [0.3, 0.4) is 0 Å². The van der Waals surface area contributed by atoms with Gasteiger partial charge in [-0.25, -0.2) is 4.98 Å². The highest BCUT2D eigenvalue weighted by atomic mass is 32.1. The fraction of sp³-hybridized carbons (Fsp3) is 0.308. The lowest BCUT2D eigenvalue weighted by Crippen LogP contribution is -2.18. The Morgan fingerprint density at radius 3 is 2.89 bits per heavy atom. The van der Waals surface area contributed by atoms with Gasteiger partial charge in [0.2, 0.25) is 0 Å². The molecule has 0 radical (unpaired) electrons. The standard InChI is InChI=1S/C13H17N3OS/c1-16(7-12-8-18-9-15-12)6-10-5-11(14)3-4-13(10)17-2/h3-5,8-9H,6-7,14H2,1-2H3. The molecule has 0 saturated carbocycles. The van der Waals surface area contributed by atoms with Crippen molar-refractivity contribution in [2.45, 2.75) is 13.1 Å². The van der Waals surface area contributed by atoms with Gasteiger partial charge in [0.05, 0.1) is 18.3 Å². The lowest BCUT2D eigenvalue weighted by Gasteiger charge is -2.17. The minimum Gasteiger partial charge on any atom is -0.496 e. The number of hydrogen-bond acceptors (Lipinski definition) is 5. The highest BCUT2D eigenvalue weighted by Gasteiger charge is 2.08.